The van der Waals surface area contributed by atoms with E-state index < -0.39 is 23.5 Å². The number of halogens is 1. The zero-order chi connectivity index (χ0) is 32.0. The summed E-state index contributed by atoms with van der Waals surface area (Å²) < 4.78 is 1.19. The van der Waals surface area contributed by atoms with Gasteiger partial charge in [0.1, 0.15) is 11.7 Å². The van der Waals surface area contributed by atoms with E-state index in [1.807, 2.05) is 97.1 Å². The molecule has 226 valence electrons. The van der Waals surface area contributed by atoms with Crippen molar-refractivity contribution >= 4 is 29.2 Å². The van der Waals surface area contributed by atoms with E-state index in [-0.39, 0.29) is 12.1 Å². The number of carbonyl (C=O) groups excluding carboxylic acids is 1. The Labute approximate surface area is 271 Å². The van der Waals surface area contributed by atoms with Gasteiger partial charge in [-0.05, 0) is 63.7 Å². The maximum absolute atomic E-state index is 13.9. The summed E-state index contributed by atoms with van der Waals surface area (Å²) in [5, 5.41) is 13.6. The van der Waals surface area contributed by atoms with Crippen molar-refractivity contribution in [2.24, 2.45) is 0 Å². The van der Waals surface area contributed by atoms with Crippen LogP contribution < -0.4 is 10.9 Å². The molecular formula is C39H29ClN2O4. The highest BCUT2D eigenvalue weighted by molar-refractivity contribution is 6.30. The van der Waals surface area contributed by atoms with Crippen LogP contribution in [0.2, 0.25) is 5.02 Å². The second-order valence-electron chi connectivity index (χ2n) is 10.9. The van der Waals surface area contributed by atoms with Crippen molar-refractivity contribution in [3.8, 4) is 33.4 Å². The van der Waals surface area contributed by atoms with Crippen LogP contribution in [0.4, 0.5) is 5.69 Å². The largest absolute Gasteiger partial charge is 0.480 e. The van der Waals surface area contributed by atoms with Gasteiger partial charge < -0.3 is 10.4 Å². The molecule has 5 aromatic carbocycles. The fourth-order valence-electron chi connectivity index (χ4n) is 5.35. The molecule has 6 rings (SSSR count). The molecule has 46 heavy (non-hydrogen) atoms. The topological polar surface area (TPSA) is 88.4 Å². The lowest BCUT2D eigenvalue weighted by atomic mass is 10.0. The number of hydrogen-bond acceptors (Lipinski definition) is 3. The molecule has 1 unspecified atom stereocenters. The van der Waals surface area contributed by atoms with Gasteiger partial charge in [-0.3, -0.25) is 14.2 Å². The van der Waals surface area contributed by atoms with Crippen LogP contribution in [0.1, 0.15) is 22.0 Å². The summed E-state index contributed by atoms with van der Waals surface area (Å²) in [6.45, 7) is 0. The first-order valence-corrected chi connectivity index (χ1v) is 15.1. The quantitative estimate of drug-likeness (QED) is 0.169. The highest BCUT2D eigenvalue weighted by Gasteiger charge is 2.24. The van der Waals surface area contributed by atoms with E-state index in [2.05, 4.69) is 5.32 Å². The molecule has 0 fully saturated rings. The zero-order valence-electron chi connectivity index (χ0n) is 24.6. The normalized spacial score (nSPS) is 11.5. The third-order valence-corrected chi connectivity index (χ3v) is 8.09. The van der Waals surface area contributed by atoms with E-state index >= 15 is 0 Å². The molecule has 6 aromatic rings. The van der Waals surface area contributed by atoms with Crippen molar-refractivity contribution in [1.29, 1.82) is 0 Å². The average molecular weight is 625 g/mol. The summed E-state index contributed by atoms with van der Waals surface area (Å²) in [5.74, 6) is -1.66. The van der Waals surface area contributed by atoms with E-state index in [0.717, 1.165) is 27.8 Å². The summed E-state index contributed by atoms with van der Waals surface area (Å²) in [5.41, 5.74) is 5.78. The molecular weight excluding hydrogens is 596 g/mol. The number of aromatic nitrogens is 1. The third kappa shape index (κ3) is 6.83. The molecule has 1 heterocycles. The number of rotatable bonds is 9. The lowest BCUT2D eigenvalue weighted by molar-refractivity contribution is -0.141. The number of nitrogens with one attached hydrogen (secondary N) is 1. The van der Waals surface area contributed by atoms with E-state index in [1.165, 1.54) is 4.57 Å². The summed E-state index contributed by atoms with van der Waals surface area (Å²) in [6.07, 6.45) is 1.58. The molecule has 7 heteroatoms. The molecule has 0 bridgehead atoms. The third-order valence-electron chi connectivity index (χ3n) is 7.83. The summed E-state index contributed by atoms with van der Waals surface area (Å²) in [6, 6.07) is 41.7. The SMILES string of the molecule is O=C(Nc1cc(-c2ccc(-c3ccccc3)cc2)cn(C(Cc2ccc(Cl)cc2)C(=O)O)c1=O)c1ccc(-c2ccccc2)cc1. The minimum absolute atomic E-state index is 0.0240. The Morgan fingerprint density at radius 3 is 1.65 bits per heavy atom. The lowest BCUT2D eigenvalue weighted by Gasteiger charge is -2.19. The van der Waals surface area contributed by atoms with Crippen molar-refractivity contribution in [2.75, 3.05) is 5.32 Å². The Morgan fingerprint density at radius 1 is 0.652 bits per heavy atom. The number of hydrogen-bond donors (Lipinski definition) is 2. The second kappa shape index (κ2) is 13.5. The van der Waals surface area contributed by atoms with Gasteiger partial charge in [0.25, 0.3) is 11.5 Å². The lowest BCUT2D eigenvalue weighted by Crippen LogP contribution is -2.33. The van der Waals surface area contributed by atoms with Crippen LogP contribution in [0.25, 0.3) is 33.4 Å². The van der Waals surface area contributed by atoms with Gasteiger partial charge in [0.05, 0.1) is 0 Å². The first-order chi connectivity index (χ1) is 22.4. The molecule has 0 aliphatic carbocycles. The maximum Gasteiger partial charge on any atom is 0.327 e. The predicted octanol–water partition coefficient (Wildman–Crippen LogP) is 8.62. The van der Waals surface area contributed by atoms with Crippen molar-refractivity contribution in [3.05, 3.63) is 172 Å². The number of aliphatic carboxylic acids is 1. The summed E-state index contributed by atoms with van der Waals surface area (Å²) >= 11 is 6.04. The number of benzene rings is 5. The molecule has 0 aliphatic heterocycles. The first kappa shape index (κ1) is 30.3. The highest BCUT2D eigenvalue weighted by Crippen LogP contribution is 2.28. The van der Waals surface area contributed by atoms with Crippen molar-refractivity contribution in [2.45, 2.75) is 12.5 Å². The Balaban J connectivity index is 1.38. The van der Waals surface area contributed by atoms with Gasteiger partial charge in [0.2, 0.25) is 0 Å². The van der Waals surface area contributed by atoms with Gasteiger partial charge in [-0.25, -0.2) is 4.79 Å². The van der Waals surface area contributed by atoms with Crippen molar-refractivity contribution < 1.29 is 14.7 Å². The smallest absolute Gasteiger partial charge is 0.327 e. The molecule has 0 spiro atoms. The molecule has 6 nitrogen and oxygen atoms in total. The molecule has 0 radical (unpaired) electrons. The van der Waals surface area contributed by atoms with E-state index in [0.29, 0.717) is 21.7 Å². The number of pyridine rings is 1. The van der Waals surface area contributed by atoms with Crippen LogP contribution in [-0.2, 0) is 11.2 Å². The Kier molecular flexibility index (Phi) is 8.90. The minimum atomic E-state index is -1.24. The fourth-order valence-corrected chi connectivity index (χ4v) is 5.48. The van der Waals surface area contributed by atoms with Crippen LogP contribution in [0.3, 0.4) is 0 Å². The summed E-state index contributed by atoms with van der Waals surface area (Å²) in [4.78, 5) is 39.9. The average Bonchev–Trinajstić information content (AvgIpc) is 3.10. The molecule has 1 amide bonds. The number of anilines is 1. The van der Waals surface area contributed by atoms with E-state index in [4.69, 9.17) is 11.6 Å². The van der Waals surface area contributed by atoms with Gasteiger partial charge in [0, 0.05) is 28.8 Å². The number of carboxylic acid groups (broad SMARTS) is 1. The molecule has 2 N–H and O–H groups in total. The predicted molar refractivity (Wildman–Crippen MR) is 183 cm³/mol. The van der Waals surface area contributed by atoms with Crippen LogP contribution in [-0.4, -0.2) is 21.6 Å². The van der Waals surface area contributed by atoms with Gasteiger partial charge in [-0.15, -0.1) is 0 Å². The van der Waals surface area contributed by atoms with Gasteiger partial charge in [-0.2, -0.15) is 0 Å². The molecule has 0 saturated carbocycles. The van der Waals surface area contributed by atoms with Crippen LogP contribution >= 0.6 is 11.6 Å². The van der Waals surface area contributed by atoms with Gasteiger partial charge >= 0.3 is 5.97 Å². The maximum atomic E-state index is 13.9. The molecule has 0 saturated heterocycles. The monoisotopic (exact) mass is 624 g/mol. The molecule has 0 aliphatic rings. The van der Waals surface area contributed by atoms with Crippen LogP contribution in [0, 0.1) is 0 Å². The highest BCUT2D eigenvalue weighted by atomic mass is 35.5. The number of amides is 1. The summed E-state index contributed by atoms with van der Waals surface area (Å²) in [7, 11) is 0. The molecule has 1 atom stereocenters. The Bertz CT molecular complexity index is 2040. The van der Waals surface area contributed by atoms with E-state index in [1.54, 1.807) is 48.7 Å². The van der Waals surface area contributed by atoms with Gasteiger partial charge in [-0.1, -0.05) is 121 Å². The number of nitrogens with zero attached hydrogens (tertiary/aromatic N) is 1. The standard InChI is InChI=1S/C39H29ClN2O4/c40-34-21-11-26(12-22-34)23-36(39(45)46)42-25-33(31-15-13-29(14-16-31)27-7-3-1-4-8-27)24-35(38(42)44)41-37(43)32-19-17-30(18-20-32)28-9-5-2-6-10-28/h1-22,24-25,36H,23H2,(H,41,43)(H,45,46). The minimum Gasteiger partial charge on any atom is -0.480 e. The van der Waals surface area contributed by atoms with E-state index in [9.17, 15) is 19.5 Å². The number of carboxylic acids is 1. The Morgan fingerprint density at radius 2 is 1.13 bits per heavy atom. The zero-order valence-corrected chi connectivity index (χ0v) is 25.4. The Hall–Kier alpha value is -5.72. The fraction of sp³-hybridized carbons (Fsp3) is 0.0513. The van der Waals surface area contributed by atoms with Crippen molar-refractivity contribution in [3.63, 3.8) is 0 Å². The second-order valence-corrected chi connectivity index (χ2v) is 11.3. The van der Waals surface area contributed by atoms with Crippen LogP contribution in [0.5, 0.6) is 0 Å². The van der Waals surface area contributed by atoms with Crippen LogP contribution in [0.15, 0.2) is 151 Å². The number of carbonyl (C=O) groups is 2. The molecule has 1 aromatic heterocycles. The van der Waals surface area contributed by atoms with Crippen molar-refractivity contribution in [1.82, 2.24) is 4.57 Å². The van der Waals surface area contributed by atoms with Gasteiger partial charge in [0.15, 0.2) is 0 Å². The first-order valence-electron chi connectivity index (χ1n) is 14.7.